The Morgan fingerprint density at radius 2 is 1.61 bits per heavy atom. The number of hydrogen-bond acceptors (Lipinski definition) is 5. The molecule has 31 heavy (non-hydrogen) atoms. The number of piperazine rings is 1. The minimum Gasteiger partial charge on any atom is -0.493 e. The predicted molar refractivity (Wildman–Crippen MR) is 114 cm³/mol. The Balaban J connectivity index is 1.20. The quantitative estimate of drug-likeness (QED) is 0.504. The van der Waals surface area contributed by atoms with Crippen LogP contribution in [-0.2, 0) is 17.9 Å². The summed E-state index contributed by atoms with van der Waals surface area (Å²) in [6.45, 7) is 6.27. The van der Waals surface area contributed by atoms with Gasteiger partial charge in [0.05, 0.1) is 14.2 Å². The summed E-state index contributed by atoms with van der Waals surface area (Å²) >= 11 is 0. The lowest BCUT2D eigenvalue weighted by Crippen LogP contribution is -3.28. The minimum atomic E-state index is 0.0796. The topological polar surface area (TPSA) is 74.9 Å². The second-order valence-electron chi connectivity index (χ2n) is 8.01. The van der Waals surface area contributed by atoms with E-state index in [2.05, 4.69) is 17.4 Å². The Labute approximate surface area is 182 Å². The van der Waals surface area contributed by atoms with E-state index in [0.717, 1.165) is 61.3 Å². The average Bonchev–Trinajstić information content (AvgIpc) is 3.27. The highest BCUT2D eigenvalue weighted by atomic mass is 16.7. The van der Waals surface area contributed by atoms with Crippen molar-refractivity contribution in [3.8, 4) is 23.0 Å². The first-order valence-electron chi connectivity index (χ1n) is 10.7. The van der Waals surface area contributed by atoms with E-state index in [-0.39, 0.29) is 12.7 Å². The van der Waals surface area contributed by atoms with E-state index < -0.39 is 0 Å². The number of hydrogen-bond donors (Lipinski definition) is 3. The van der Waals surface area contributed by atoms with Crippen molar-refractivity contribution in [2.24, 2.45) is 0 Å². The van der Waals surface area contributed by atoms with E-state index >= 15 is 0 Å². The SMILES string of the molecule is COc1ccc(C[NH+]2CC[NH+](CC(=O)NCc3ccc4c(c3)OCO4)CC2)cc1OC. The number of ether oxygens (including phenoxy) is 4. The van der Waals surface area contributed by atoms with E-state index in [4.69, 9.17) is 18.9 Å². The molecule has 0 bridgehead atoms. The molecule has 166 valence electrons. The molecule has 2 heterocycles. The molecular formula is C23H31N3O5+2. The van der Waals surface area contributed by atoms with Crippen LogP contribution in [0.1, 0.15) is 11.1 Å². The third-order valence-electron chi connectivity index (χ3n) is 5.90. The van der Waals surface area contributed by atoms with Crippen LogP contribution in [-0.4, -0.2) is 59.6 Å². The van der Waals surface area contributed by atoms with Crippen LogP contribution in [0.5, 0.6) is 23.0 Å². The lowest BCUT2D eigenvalue weighted by atomic mass is 10.1. The number of rotatable bonds is 8. The fourth-order valence-electron chi connectivity index (χ4n) is 4.13. The normalized spacial score (nSPS) is 19.7. The molecule has 0 radical (unpaired) electrons. The van der Waals surface area contributed by atoms with E-state index in [1.165, 1.54) is 15.4 Å². The van der Waals surface area contributed by atoms with Crippen molar-refractivity contribution in [1.82, 2.24) is 5.32 Å². The highest BCUT2D eigenvalue weighted by Gasteiger charge is 2.25. The van der Waals surface area contributed by atoms with Gasteiger partial charge < -0.3 is 34.1 Å². The second-order valence-corrected chi connectivity index (χ2v) is 8.01. The molecule has 8 nitrogen and oxygen atoms in total. The fraction of sp³-hybridized carbons (Fsp3) is 0.435. The molecule has 0 saturated carbocycles. The van der Waals surface area contributed by atoms with Gasteiger partial charge in [0.1, 0.15) is 32.7 Å². The summed E-state index contributed by atoms with van der Waals surface area (Å²) in [5.74, 6) is 3.10. The summed E-state index contributed by atoms with van der Waals surface area (Å²) in [5.41, 5.74) is 2.24. The van der Waals surface area contributed by atoms with Crippen LogP contribution in [0.3, 0.4) is 0 Å². The van der Waals surface area contributed by atoms with Crippen molar-refractivity contribution < 1.29 is 33.5 Å². The van der Waals surface area contributed by atoms with Crippen LogP contribution < -0.4 is 34.1 Å². The zero-order valence-electron chi connectivity index (χ0n) is 18.2. The number of quaternary nitrogens is 2. The summed E-state index contributed by atoms with van der Waals surface area (Å²) in [6.07, 6.45) is 0. The summed E-state index contributed by atoms with van der Waals surface area (Å²) in [6, 6.07) is 11.9. The van der Waals surface area contributed by atoms with Gasteiger partial charge in [-0.15, -0.1) is 0 Å². The molecule has 1 amide bonds. The first kappa shape index (κ1) is 21.3. The van der Waals surface area contributed by atoms with E-state index in [1.807, 2.05) is 24.3 Å². The maximum absolute atomic E-state index is 12.4. The average molecular weight is 430 g/mol. The van der Waals surface area contributed by atoms with Crippen LogP contribution in [0, 0.1) is 0 Å². The third kappa shape index (κ3) is 5.39. The lowest BCUT2D eigenvalue weighted by molar-refractivity contribution is -1.02. The zero-order chi connectivity index (χ0) is 21.6. The Morgan fingerprint density at radius 3 is 2.39 bits per heavy atom. The molecule has 2 aromatic rings. The molecule has 0 unspecified atom stereocenters. The highest BCUT2D eigenvalue weighted by Crippen LogP contribution is 2.32. The van der Waals surface area contributed by atoms with Gasteiger partial charge in [0.25, 0.3) is 5.91 Å². The van der Waals surface area contributed by atoms with Crippen molar-refractivity contribution in [3.63, 3.8) is 0 Å². The van der Waals surface area contributed by atoms with E-state index in [1.54, 1.807) is 14.2 Å². The van der Waals surface area contributed by atoms with Crippen LogP contribution >= 0.6 is 0 Å². The molecule has 0 aliphatic carbocycles. The zero-order valence-corrected chi connectivity index (χ0v) is 18.2. The first-order chi connectivity index (χ1) is 15.1. The van der Waals surface area contributed by atoms with Gasteiger partial charge in [0.15, 0.2) is 29.5 Å². The first-order valence-corrected chi connectivity index (χ1v) is 10.7. The lowest BCUT2D eigenvalue weighted by Gasteiger charge is -2.29. The second kappa shape index (κ2) is 9.89. The smallest absolute Gasteiger partial charge is 0.275 e. The fourth-order valence-corrected chi connectivity index (χ4v) is 4.13. The summed E-state index contributed by atoms with van der Waals surface area (Å²) in [7, 11) is 3.31. The maximum Gasteiger partial charge on any atom is 0.275 e. The van der Waals surface area contributed by atoms with Crippen molar-refractivity contribution in [1.29, 1.82) is 0 Å². The summed E-state index contributed by atoms with van der Waals surface area (Å²) in [5, 5.41) is 3.02. The van der Waals surface area contributed by atoms with Crippen LogP contribution in [0.15, 0.2) is 36.4 Å². The van der Waals surface area contributed by atoms with Crippen molar-refractivity contribution in [2.45, 2.75) is 13.1 Å². The summed E-state index contributed by atoms with van der Waals surface area (Å²) < 4.78 is 21.4. The molecule has 4 rings (SSSR count). The van der Waals surface area contributed by atoms with Crippen LogP contribution in [0.2, 0.25) is 0 Å². The number of benzene rings is 2. The Hall–Kier alpha value is -2.97. The van der Waals surface area contributed by atoms with Gasteiger partial charge in [-0.1, -0.05) is 6.07 Å². The van der Waals surface area contributed by atoms with Crippen LogP contribution in [0.25, 0.3) is 0 Å². The van der Waals surface area contributed by atoms with Gasteiger partial charge >= 0.3 is 0 Å². The molecule has 0 atom stereocenters. The molecule has 0 aromatic heterocycles. The van der Waals surface area contributed by atoms with E-state index in [0.29, 0.717) is 13.1 Å². The van der Waals surface area contributed by atoms with Gasteiger partial charge in [-0.3, -0.25) is 4.79 Å². The number of fused-ring (bicyclic) bond motifs is 1. The molecule has 1 saturated heterocycles. The predicted octanol–water partition coefficient (Wildman–Crippen LogP) is -0.968. The van der Waals surface area contributed by atoms with Crippen molar-refractivity contribution >= 4 is 5.91 Å². The van der Waals surface area contributed by atoms with Crippen molar-refractivity contribution in [3.05, 3.63) is 47.5 Å². The molecular weight excluding hydrogens is 398 g/mol. The van der Waals surface area contributed by atoms with Gasteiger partial charge in [0.2, 0.25) is 6.79 Å². The molecule has 3 N–H and O–H groups in total. The standard InChI is InChI=1S/C23H29N3O5/c1-28-19-5-4-18(12-21(19)29-2)14-25-7-9-26(10-8-25)15-23(27)24-13-17-3-6-20-22(11-17)31-16-30-20/h3-6,11-12H,7-10,13-16H2,1-2H3,(H,24,27)/p+2. The molecule has 1 fully saturated rings. The largest absolute Gasteiger partial charge is 0.493 e. The number of carbonyl (C=O) groups is 1. The molecule has 2 aliphatic heterocycles. The Kier molecular flexibility index (Phi) is 6.79. The van der Waals surface area contributed by atoms with Crippen LogP contribution in [0.4, 0.5) is 0 Å². The monoisotopic (exact) mass is 429 g/mol. The highest BCUT2D eigenvalue weighted by molar-refractivity contribution is 5.76. The molecule has 2 aromatic carbocycles. The Morgan fingerprint density at radius 1 is 0.903 bits per heavy atom. The molecule has 8 heteroatoms. The van der Waals surface area contributed by atoms with Gasteiger partial charge in [-0.05, 0) is 35.9 Å². The summed E-state index contributed by atoms with van der Waals surface area (Å²) in [4.78, 5) is 15.3. The molecule has 0 spiro atoms. The van der Waals surface area contributed by atoms with Gasteiger partial charge in [-0.2, -0.15) is 0 Å². The number of methoxy groups -OCH3 is 2. The van der Waals surface area contributed by atoms with Gasteiger partial charge in [-0.25, -0.2) is 0 Å². The van der Waals surface area contributed by atoms with E-state index in [9.17, 15) is 4.79 Å². The number of nitrogens with one attached hydrogen (secondary N) is 3. The number of amides is 1. The maximum atomic E-state index is 12.4. The van der Waals surface area contributed by atoms with Gasteiger partial charge in [0, 0.05) is 12.1 Å². The third-order valence-corrected chi connectivity index (χ3v) is 5.90. The van der Waals surface area contributed by atoms with Crippen molar-refractivity contribution in [2.75, 3.05) is 53.7 Å². The minimum absolute atomic E-state index is 0.0796. The molecule has 2 aliphatic rings. The number of carbonyl (C=O) groups excluding carboxylic acids is 1. The Bertz CT molecular complexity index is 912.